The smallest absolute Gasteiger partial charge is 0.237 e. The molecule has 0 aliphatic heterocycles. The standard InChI is InChI=1S/C17H21N5O2S2/c1-3-5-10-14-19-15(24-22-14)11-25-17-21-20-16(26-17)18-12-8-6-7-9-13(12)23-4-2/h6-9H,3-5,10-11H2,1-2H3,(H,18,20). The Hall–Kier alpha value is -2.13. The summed E-state index contributed by atoms with van der Waals surface area (Å²) < 4.78 is 11.7. The van der Waals surface area contributed by atoms with Crippen molar-refractivity contribution in [2.24, 2.45) is 0 Å². The van der Waals surface area contributed by atoms with Crippen molar-refractivity contribution in [2.75, 3.05) is 11.9 Å². The van der Waals surface area contributed by atoms with Gasteiger partial charge in [0.25, 0.3) is 0 Å². The Bertz CT molecular complexity index is 821. The van der Waals surface area contributed by atoms with Crippen molar-refractivity contribution in [3.05, 3.63) is 36.0 Å². The minimum atomic E-state index is 0.587. The molecule has 3 aromatic rings. The molecule has 0 saturated heterocycles. The molecule has 9 heteroatoms. The first-order valence-electron chi connectivity index (χ1n) is 8.55. The van der Waals surface area contributed by atoms with Gasteiger partial charge < -0.3 is 14.6 Å². The molecule has 0 saturated carbocycles. The summed E-state index contributed by atoms with van der Waals surface area (Å²) in [5.41, 5.74) is 0.875. The number of thioether (sulfide) groups is 1. The van der Waals surface area contributed by atoms with Crippen molar-refractivity contribution >= 4 is 33.9 Å². The highest BCUT2D eigenvalue weighted by atomic mass is 32.2. The zero-order chi connectivity index (χ0) is 18.2. The van der Waals surface area contributed by atoms with Gasteiger partial charge in [-0.05, 0) is 25.5 Å². The van der Waals surface area contributed by atoms with E-state index in [4.69, 9.17) is 9.26 Å². The first-order chi connectivity index (χ1) is 12.8. The number of unbranched alkanes of at least 4 members (excludes halogenated alkanes) is 1. The van der Waals surface area contributed by atoms with Crippen LogP contribution in [0.1, 0.15) is 38.4 Å². The number of para-hydroxylation sites is 2. The summed E-state index contributed by atoms with van der Waals surface area (Å²) in [6.07, 6.45) is 3.04. The van der Waals surface area contributed by atoms with E-state index in [1.165, 1.54) is 23.1 Å². The number of benzene rings is 1. The fourth-order valence-electron chi connectivity index (χ4n) is 2.19. The van der Waals surface area contributed by atoms with Crippen LogP contribution in [0.15, 0.2) is 33.1 Å². The van der Waals surface area contributed by atoms with Crippen molar-refractivity contribution in [3.8, 4) is 5.75 Å². The van der Waals surface area contributed by atoms with E-state index in [9.17, 15) is 0 Å². The van der Waals surface area contributed by atoms with E-state index in [0.29, 0.717) is 23.4 Å². The molecule has 0 bridgehead atoms. The van der Waals surface area contributed by atoms with Gasteiger partial charge in [0.2, 0.25) is 11.0 Å². The maximum Gasteiger partial charge on any atom is 0.237 e. The summed E-state index contributed by atoms with van der Waals surface area (Å²) in [6, 6.07) is 7.77. The number of rotatable bonds is 10. The molecule has 2 aromatic heterocycles. The largest absolute Gasteiger partial charge is 0.492 e. The quantitative estimate of drug-likeness (QED) is 0.498. The maximum atomic E-state index is 5.61. The molecular formula is C17H21N5O2S2. The number of nitrogens with zero attached hydrogens (tertiary/aromatic N) is 4. The van der Waals surface area contributed by atoms with Crippen LogP contribution >= 0.6 is 23.1 Å². The first kappa shape index (κ1) is 18.7. The van der Waals surface area contributed by atoms with Gasteiger partial charge in [-0.2, -0.15) is 4.98 Å². The zero-order valence-electron chi connectivity index (χ0n) is 14.8. The first-order valence-corrected chi connectivity index (χ1v) is 10.3. The average molecular weight is 392 g/mol. The minimum absolute atomic E-state index is 0.587. The van der Waals surface area contributed by atoms with Crippen LogP contribution in [-0.2, 0) is 12.2 Å². The second-order valence-corrected chi connectivity index (χ2v) is 7.62. The second kappa shape index (κ2) is 9.54. The summed E-state index contributed by atoms with van der Waals surface area (Å²) >= 11 is 3.01. The molecule has 138 valence electrons. The van der Waals surface area contributed by atoms with Crippen molar-refractivity contribution in [3.63, 3.8) is 0 Å². The number of aromatic nitrogens is 4. The highest BCUT2D eigenvalue weighted by molar-refractivity contribution is 8.00. The third-order valence-electron chi connectivity index (χ3n) is 3.42. The van der Waals surface area contributed by atoms with Crippen LogP contribution in [0.4, 0.5) is 10.8 Å². The molecule has 0 fully saturated rings. The SMILES string of the molecule is CCCCc1noc(CSc2nnc(Nc3ccccc3OCC)s2)n1. The summed E-state index contributed by atoms with van der Waals surface area (Å²) in [6.45, 7) is 4.71. The topological polar surface area (TPSA) is 86.0 Å². The van der Waals surface area contributed by atoms with Crippen molar-refractivity contribution in [1.29, 1.82) is 0 Å². The Labute approximate surface area is 160 Å². The molecule has 3 rings (SSSR count). The summed E-state index contributed by atoms with van der Waals surface area (Å²) in [7, 11) is 0. The third-order valence-corrected chi connectivity index (χ3v) is 5.37. The molecule has 26 heavy (non-hydrogen) atoms. The van der Waals surface area contributed by atoms with Gasteiger partial charge in [0.05, 0.1) is 18.0 Å². The molecule has 0 atom stereocenters. The lowest BCUT2D eigenvalue weighted by atomic mass is 10.2. The van der Waals surface area contributed by atoms with E-state index in [2.05, 4.69) is 32.6 Å². The molecule has 2 heterocycles. The average Bonchev–Trinajstić information content (AvgIpc) is 3.29. The molecule has 0 aliphatic rings. The molecule has 1 aromatic carbocycles. The molecule has 0 unspecified atom stereocenters. The number of nitrogens with one attached hydrogen (secondary N) is 1. The number of ether oxygens (including phenoxy) is 1. The van der Waals surface area contributed by atoms with Crippen LogP contribution < -0.4 is 10.1 Å². The normalized spacial score (nSPS) is 10.8. The summed E-state index contributed by atoms with van der Waals surface area (Å²) in [4.78, 5) is 4.40. The molecule has 0 amide bonds. The van der Waals surface area contributed by atoms with Crippen LogP contribution in [-0.4, -0.2) is 26.9 Å². The third kappa shape index (κ3) is 5.18. The van der Waals surface area contributed by atoms with Gasteiger partial charge in [-0.25, -0.2) is 0 Å². The number of aryl methyl sites for hydroxylation is 1. The molecule has 0 radical (unpaired) electrons. The lowest BCUT2D eigenvalue weighted by Gasteiger charge is -2.09. The van der Waals surface area contributed by atoms with Gasteiger partial charge in [0.1, 0.15) is 5.75 Å². The van der Waals surface area contributed by atoms with Crippen molar-refractivity contribution in [2.45, 2.75) is 43.2 Å². The maximum absolute atomic E-state index is 5.61. The Morgan fingerprint density at radius 2 is 2.12 bits per heavy atom. The Kier molecular flexibility index (Phi) is 6.84. The Morgan fingerprint density at radius 3 is 2.96 bits per heavy atom. The fourth-order valence-corrected chi connectivity index (χ4v) is 3.80. The molecule has 7 nitrogen and oxygen atoms in total. The summed E-state index contributed by atoms with van der Waals surface area (Å²) in [5, 5.41) is 16.4. The molecule has 1 N–H and O–H groups in total. The zero-order valence-corrected chi connectivity index (χ0v) is 16.4. The monoisotopic (exact) mass is 391 g/mol. The highest BCUT2D eigenvalue weighted by Gasteiger charge is 2.11. The molecule has 0 spiro atoms. The van der Waals surface area contributed by atoms with E-state index >= 15 is 0 Å². The van der Waals surface area contributed by atoms with Crippen molar-refractivity contribution in [1.82, 2.24) is 20.3 Å². The van der Waals surface area contributed by atoms with Crippen LogP contribution in [0.25, 0.3) is 0 Å². The number of hydrogen-bond acceptors (Lipinski definition) is 9. The second-order valence-electron chi connectivity index (χ2n) is 5.42. The van der Waals surface area contributed by atoms with Gasteiger partial charge in [-0.15, -0.1) is 10.2 Å². The lowest BCUT2D eigenvalue weighted by molar-refractivity contribution is 0.342. The van der Waals surface area contributed by atoms with E-state index in [0.717, 1.165) is 40.9 Å². The van der Waals surface area contributed by atoms with E-state index in [-0.39, 0.29) is 0 Å². The Balaban J connectivity index is 1.56. The van der Waals surface area contributed by atoms with Gasteiger partial charge in [0, 0.05) is 6.42 Å². The van der Waals surface area contributed by atoms with Crippen LogP contribution in [0.5, 0.6) is 5.75 Å². The van der Waals surface area contributed by atoms with Gasteiger partial charge in [0.15, 0.2) is 10.2 Å². The van der Waals surface area contributed by atoms with Gasteiger partial charge in [-0.1, -0.05) is 53.7 Å². The van der Waals surface area contributed by atoms with E-state index < -0.39 is 0 Å². The number of anilines is 2. The summed E-state index contributed by atoms with van der Waals surface area (Å²) in [5.74, 6) is 2.77. The fraction of sp³-hybridized carbons (Fsp3) is 0.412. The Morgan fingerprint density at radius 1 is 1.23 bits per heavy atom. The van der Waals surface area contributed by atoms with E-state index in [1.807, 2.05) is 31.2 Å². The van der Waals surface area contributed by atoms with Crippen LogP contribution in [0.3, 0.4) is 0 Å². The molecule has 0 aliphatic carbocycles. The van der Waals surface area contributed by atoms with E-state index in [1.54, 1.807) is 0 Å². The lowest BCUT2D eigenvalue weighted by Crippen LogP contribution is -1.97. The minimum Gasteiger partial charge on any atom is -0.492 e. The van der Waals surface area contributed by atoms with Gasteiger partial charge in [-0.3, -0.25) is 0 Å². The van der Waals surface area contributed by atoms with Crippen LogP contribution in [0.2, 0.25) is 0 Å². The number of hydrogen-bond donors (Lipinski definition) is 1. The van der Waals surface area contributed by atoms with Gasteiger partial charge >= 0.3 is 0 Å². The highest BCUT2D eigenvalue weighted by Crippen LogP contribution is 2.32. The predicted octanol–water partition coefficient (Wildman–Crippen LogP) is 4.70. The van der Waals surface area contributed by atoms with Crippen LogP contribution in [0, 0.1) is 0 Å². The van der Waals surface area contributed by atoms with Crippen molar-refractivity contribution < 1.29 is 9.26 Å². The molecular weight excluding hydrogens is 370 g/mol. The predicted molar refractivity (Wildman–Crippen MR) is 103 cm³/mol.